The van der Waals surface area contributed by atoms with Crippen molar-refractivity contribution < 1.29 is 19.1 Å². The highest BCUT2D eigenvalue weighted by Crippen LogP contribution is 2.14. The van der Waals surface area contributed by atoms with Crippen molar-refractivity contribution in [3.8, 4) is 0 Å². The number of hydrogen-bond acceptors (Lipinski definition) is 6. The summed E-state index contributed by atoms with van der Waals surface area (Å²) in [5.74, 6) is 0. The summed E-state index contributed by atoms with van der Waals surface area (Å²) in [6.45, 7) is 12.7. The molecule has 0 aliphatic heterocycles. The van der Waals surface area contributed by atoms with Gasteiger partial charge in [-0.1, -0.05) is 11.6 Å². The molecule has 2 N–H and O–H groups in total. The molecule has 0 unspecified atom stereocenters. The summed E-state index contributed by atoms with van der Waals surface area (Å²) >= 11 is 5.66. The number of halogens is 1. The lowest BCUT2D eigenvalue weighted by atomic mass is 10.2. The Labute approximate surface area is 182 Å². The maximum absolute atomic E-state index is 11.4. The van der Waals surface area contributed by atoms with Crippen LogP contribution in [-0.4, -0.2) is 33.4 Å². The van der Waals surface area contributed by atoms with Gasteiger partial charge >= 0.3 is 12.2 Å². The van der Waals surface area contributed by atoms with Gasteiger partial charge in [0, 0.05) is 29.5 Å². The molecular weight excluding hydrogens is 408 g/mol. The van der Waals surface area contributed by atoms with Gasteiger partial charge in [0.2, 0.25) is 0 Å². The van der Waals surface area contributed by atoms with E-state index in [9.17, 15) is 9.59 Å². The van der Waals surface area contributed by atoms with E-state index in [2.05, 4.69) is 20.6 Å². The summed E-state index contributed by atoms with van der Waals surface area (Å²) in [7, 11) is 0. The van der Waals surface area contributed by atoms with E-state index in [-0.39, 0.29) is 0 Å². The number of hydrogen-bond donors (Lipinski definition) is 2. The zero-order chi connectivity index (χ0) is 22.9. The Kier molecular flexibility index (Phi) is 9.04. The van der Waals surface area contributed by atoms with Crippen LogP contribution in [0.2, 0.25) is 5.15 Å². The van der Waals surface area contributed by atoms with Crippen LogP contribution in [-0.2, 0) is 9.47 Å². The highest BCUT2D eigenvalue weighted by atomic mass is 35.5. The molecule has 2 aromatic heterocycles. The number of nitrogens with zero attached hydrogens (tertiary/aromatic N) is 2. The fourth-order valence-electron chi connectivity index (χ4n) is 1.95. The molecule has 0 fully saturated rings. The Morgan fingerprint density at radius 2 is 1.27 bits per heavy atom. The highest BCUT2D eigenvalue weighted by Gasteiger charge is 2.17. The predicted molar refractivity (Wildman–Crippen MR) is 118 cm³/mol. The minimum atomic E-state index is -0.513. The first kappa shape index (κ1) is 25.2. The fourth-order valence-corrected chi connectivity index (χ4v) is 2.12. The number of pyridine rings is 2. The molecule has 2 heterocycles. The SMILES string of the molecule is CC(C)(C)OC(=O)Nc1ccnc(Cl)c1.Cc1cc(NC(=O)OC(C)(C)C)ccn1. The number of aryl methyl sites for hydroxylation is 1. The van der Waals surface area contributed by atoms with Crippen LogP contribution in [0.25, 0.3) is 0 Å². The molecule has 0 atom stereocenters. The van der Waals surface area contributed by atoms with Crippen LogP contribution in [0.3, 0.4) is 0 Å². The van der Waals surface area contributed by atoms with Gasteiger partial charge in [-0.25, -0.2) is 14.6 Å². The number of anilines is 2. The van der Waals surface area contributed by atoms with Crippen molar-refractivity contribution >= 4 is 35.2 Å². The number of nitrogens with one attached hydrogen (secondary N) is 2. The molecule has 0 aliphatic rings. The minimum Gasteiger partial charge on any atom is -0.444 e. The average Bonchev–Trinajstić information content (AvgIpc) is 2.51. The molecule has 0 saturated carbocycles. The first-order chi connectivity index (χ1) is 13.7. The summed E-state index contributed by atoms with van der Waals surface area (Å²) in [5, 5.41) is 5.51. The number of ether oxygens (including phenoxy) is 2. The number of carbonyl (C=O) groups is 2. The molecule has 8 nitrogen and oxygen atoms in total. The van der Waals surface area contributed by atoms with Crippen LogP contribution in [0, 0.1) is 6.92 Å². The van der Waals surface area contributed by atoms with Gasteiger partial charge in [-0.05, 0) is 72.7 Å². The van der Waals surface area contributed by atoms with Gasteiger partial charge < -0.3 is 9.47 Å². The van der Waals surface area contributed by atoms with Crippen molar-refractivity contribution in [1.29, 1.82) is 0 Å². The lowest BCUT2D eigenvalue weighted by molar-refractivity contribution is 0.0624. The molecule has 0 bridgehead atoms. The smallest absolute Gasteiger partial charge is 0.412 e. The summed E-state index contributed by atoms with van der Waals surface area (Å²) in [6.07, 6.45) is 2.19. The van der Waals surface area contributed by atoms with Gasteiger partial charge in [-0.3, -0.25) is 15.6 Å². The maximum atomic E-state index is 11.4. The lowest BCUT2D eigenvalue weighted by Gasteiger charge is -2.19. The van der Waals surface area contributed by atoms with E-state index in [1.165, 1.54) is 6.20 Å². The third-order valence-corrected chi connectivity index (χ3v) is 3.12. The van der Waals surface area contributed by atoms with Crippen LogP contribution < -0.4 is 10.6 Å². The number of carbonyl (C=O) groups excluding carboxylic acids is 2. The predicted octanol–water partition coefficient (Wildman–Crippen LogP) is 5.82. The van der Waals surface area contributed by atoms with Gasteiger partial charge in [-0.2, -0.15) is 0 Å². The van der Waals surface area contributed by atoms with Crippen LogP contribution in [0.4, 0.5) is 21.0 Å². The molecule has 2 aromatic rings. The zero-order valence-corrected chi connectivity index (χ0v) is 19.1. The highest BCUT2D eigenvalue weighted by molar-refractivity contribution is 6.29. The van der Waals surface area contributed by atoms with Gasteiger partial charge in [-0.15, -0.1) is 0 Å². The fraction of sp³-hybridized carbons (Fsp3) is 0.429. The second-order valence-electron chi connectivity index (χ2n) is 8.31. The molecule has 0 aliphatic carbocycles. The van der Waals surface area contributed by atoms with Gasteiger partial charge in [0.1, 0.15) is 16.4 Å². The van der Waals surface area contributed by atoms with Crippen LogP contribution in [0.5, 0.6) is 0 Å². The Morgan fingerprint density at radius 1 is 0.833 bits per heavy atom. The van der Waals surface area contributed by atoms with Crippen molar-refractivity contribution in [3.05, 3.63) is 47.5 Å². The van der Waals surface area contributed by atoms with Crippen molar-refractivity contribution in [1.82, 2.24) is 9.97 Å². The molecule has 0 saturated heterocycles. The Balaban J connectivity index is 0.000000300. The van der Waals surface area contributed by atoms with E-state index in [1.54, 1.807) is 51.2 Å². The summed E-state index contributed by atoms with van der Waals surface area (Å²) < 4.78 is 10.2. The van der Waals surface area contributed by atoms with E-state index in [0.717, 1.165) is 5.69 Å². The Bertz CT molecular complexity index is 789. The Hall–Kier alpha value is -2.87. The largest absolute Gasteiger partial charge is 0.444 e. The van der Waals surface area contributed by atoms with Gasteiger partial charge in [0.25, 0.3) is 0 Å². The first-order valence-corrected chi connectivity index (χ1v) is 9.65. The summed E-state index contributed by atoms with van der Waals surface area (Å²) in [6, 6.07) is 6.68. The standard InChI is InChI=1S/C11H16N2O2.C10H13ClN2O2/c1-8-7-9(5-6-12-8)13-10(14)15-11(2,3)4;1-10(2,3)15-9(14)13-7-4-5-12-8(11)6-7/h5-7H,1-4H3,(H,12,13,14);4-6H,1-3H3,(H,12,13,14). The third-order valence-electron chi connectivity index (χ3n) is 2.91. The maximum Gasteiger partial charge on any atom is 0.412 e. The third kappa shape index (κ3) is 11.9. The average molecular weight is 437 g/mol. The van der Waals surface area contributed by atoms with Crippen LogP contribution in [0.1, 0.15) is 47.2 Å². The molecular formula is C21H29ClN4O4. The van der Waals surface area contributed by atoms with E-state index >= 15 is 0 Å². The quantitative estimate of drug-likeness (QED) is 0.575. The van der Waals surface area contributed by atoms with Crippen molar-refractivity contribution in [2.75, 3.05) is 10.6 Å². The van der Waals surface area contributed by atoms with Crippen LogP contribution in [0.15, 0.2) is 36.7 Å². The molecule has 164 valence electrons. The van der Waals surface area contributed by atoms with Gasteiger partial charge in [0.05, 0.1) is 0 Å². The molecule has 0 spiro atoms. The molecule has 30 heavy (non-hydrogen) atoms. The second kappa shape index (κ2) is 10.8. The molecule has 2 rings (SSSR count). The van der Waals surface area contributed by atoms with E-state index < -0.39 is 23.4 Å². The normalized spacial score (nSPS) is 10.9. The van der Waals surface area contributed by atoms with Gasteiger partial charge in [0.15, 0.2) is 0 Å². The number of aromatic nitrogens is 2. The van der Waals surface area contributed by atoms with E-state index in [0.29, 0.717) is 16.5 Å². The lowest BCUT2D eigenvalue weighted by Crippen LogP contribution is -2.27. The first-order valence-electron chi connectivity index (χ1n) is 9.28. The van der Waals surface area contributed by atoms with Crippen LogP contribution >= 0.6 is 11.6 Å². The molecule has 9 heteroatoms. The monoisotopic (exact) mass is 436 g/mol. The van der Waals surface area contributed by atoms with Crippen molar-refractivity contribution in [3.63, 3.8) is 0 Å². The minimum absolute atomic E-state index is 0.323. The topological polar surface area (TPSA) is 102 Å². The summed E-state index contributed by atoms with van der Waals surface area (Å²) in [5.41, 5.74) is 1.11. The van der Waals surface area contributed by atoms with Crippen molar-refractivity contribution in [2.24, 2.45) is 0 Å². The molecule has 0 aromatic carbocycles. The molecule has 2 amide bonds. The molecule has 0 radical (unpaired) electrons. The van der Waals surface area contributed by atoms with E-state index in [1.807, 2.05) is 27.7 Å². The Morgan fingerprint density at radius 3 is 1.67 bits per heavy atom. The summed E-state index contributed by atoms with van der Waals surface area (Å²) in [4.78, 5) is 30.6. The second-order valence-corrected chi connectivity index (χ2v) is 8.69. The van der Waals surface area contributed by atoms with E-state index in [4.69, 9.17) is 21.1 Å². The zero-order valence-electron chi connectivity index (χ0n) is 18.4. The number of rotatable bonds is 2. The number of amides is 2. The van der Waals surface area contributed by atoms with Crippen molar-refractivity contribution in [2.45, 2.75) is 59.7 Å².